The summed E-state index contributed by atoms with van der Waals surface area (Å²) in [4.78, 5) is 11.3. The van der Waals surface area contributed by atoms with Gasteiger partial charge in [-0.25, -0.2) is 17.9 Å². The van der Waals surface area contributed by atoms with Crippen molar-refractivity contribution in [2.24, 2.45) is 0 Å². The standard InChI is InChI=1S/C12H18N2O5S/c15-8-6-14-20(17,18)9-7-13-12(16)19-10-11-4-2-1-3-5-11/h1-5,14-15H,6-10H2,(H,13,16). The number of hydrogen-bond acceptors (Lipinski definition) is 5. The molecule has 0 saturated heterocycles. The Morgan fingerprint density at radius 3 is 2.55 bits per heavy atom. The lowest BCUT2D eigenvalue weighted by Gasteiger charge is -2.08. The molecule has 0 aliphatic carbocycles. The molecule has 8 heteroatoms. The SMILES string of the molecule is O=C(NCCS(=O)(=O)NCCO)OCc1ccccc1. The van der Waals surface area contributed by atoms with Gasteiger partial charge >= 0.3 is 6.09 Å². The van der Waals surface area contributed by atoms with Crippen LogP contribution in [0.15, 0.2) is 30.3 Å². The Labute approximate surface area is 118 Å². The molecule has 0 radical (unpaired) electrons. The molecule has 1 rings (SSSR count). The minimum Gasteiger partial charge on any atom is -0.445 e. The number of carbonyl (C=O) groups is 1. The lowest BCUT2D eigenvalue weighted by Crippen LogP contribution is -2.35. The fourth-order valence-corrected chi connectivity index (χ4v) is 2.25. The van der Waals surface area contributed by atoms with Gasteiger partial charge in [-0.2, -0.15) is 0 Å². The molecule has 20 heavy (non-hydrogen) atoms. The zero-order chi connectivity index (χ0) is 14.8. The number of hydrogen-bond donors (Lipinski definition) is 3. The number of aliphatic hydroxyl groups is 1. The van der Waals surface area contributed by atoms with Gasteiger partial charge in [-0.15, -0.1) is 0 Å². The molecule has 1 aromatic rings. The number of benzene rings is 1. The highest BCUT2D eigenvalue weighted by Gasteiger charge is 2.10. The van der Waals surface area contributed by atoms with E-state index < -0.39 is 16.1 Å². The van der Waals surface area contributed by atoms with E-state index in [1.54, 1.807) is 0 Å². The third kappa shape index (κ3) is 7.07. The summed E-state index contributed by atoms with van der Waals surface area (Å²) >= 11 is 0. The van der Waals surface area contributed by atoms with Gasteiger partial charge in [0.15, 0.2) is 0 Å². The number of aliphatic hydroxyl groups excluding tert-OH is 1. The van der Waals surface area contributed by atoms with E-state index in [1.165, 1.54) is 0 Å². The Bertz CT molecular complexity index is 504. The van der Waals surface area contributed by atoms with Crippen molar-refractivity contribution in [3.63, 3.8) is 0 Å². The van der Waals surface area contributed by atoms with E-state index in [9.17, 15) is 13.2 Å². The summed E-state index contributed by atoms with van der Waals surface area (Å²) in [6.07, 6.45) is -0.675. The largest absolute Gasteiger partial charge is 0.445 e. The smallest absolute Gasteiger partial charge is 0.407 e. The fraction of sp³-hybridized carbons (Fsp3) is 0.417. The van der Waals surface area contributed by atoms with Crippen molar-refractivity contribution in [1.29, 1.82) is 0 Å². The maximum absolute atomic E-state index is 11.3. The van der Waals surface area contributed by atoms with Crippen molar-refractivity contribution in [2.45, 2.75) is 6.61 Å². The van der Waals surface area contributed by atoms with Gasteiger partial charge in [-0.1, -0.05) is 30.3 Å². The Morgan fingerprint density at radius 2 is 1.90 bits per heavy atom. The number of nitrogens with one attached hydrogen (secondary N) is 2. The lowest BCUT2D eigenvalue weighted by atomic mass is 10.2. The van der Waals surface area contributed by atoms with Gasteiger partial charge in [0.25, 0.3) is 0 Å². The number of sulfonamides is 1. The highest BCUT2D eigenvalue weighted by molar-refractivity contribution is 7.89. The van der Waals surface area contributed by atoms with Gasteiger partial charge in [0.05, 0.1) is 12.4 Å². The first-order chi connectivity index (χ1) is 9.53. The molecular formula is C12H18N2O5S. The second-order valence-electron chi connectivity index (χ2n) is 3.93. The summed E-state index contributed by atoms with van der Waals surface area (Å²) in [5, 5.41) is 10.8. The van der Waals surface area contributed by atoms with E-state index in [-0.39, 0.29) is 32.1 Å². The van der Waals surface area contributed by atoms with Gasteiger partial charge in [0.2, 0.25) is 10.0 Å². The molecule has 1 aromatic carbocycles. The van der Waals surface area contributed by atoms with Crippen LogP contribution in [0.5, 0.6) is 0 Å². The molecule has 0 bridgehead atoms. The topological polar surface area (TPSA) is 105 Å². The van der Waals surface area contributed by atoms with Crippen molar-refractivity contribution in [3.05, 3.63) is 35.9 Å². The molecule has 0 atom stereocenters. The third-order valence-corrected chi connectivity index (χ3v) is 3.67. The number of rotatable bonds is 8. The van der Waals surface area contributed by atoms with E-state index >= 15 is 0 Å². The van der Waals surface area contributed by atoms with Gasteiger partial charge in [-0.3, -0.25) is 0 Å². The molecular weight excluding hydrogens is 284 g/mol. The first-order valence-electron chi connectivity index (χ1n) is 6.06. The number of alkyl carbamates (subject to hydrolysis) is 1. The molecule has 0 aliphatic heterocycles. The molecule has 0 fully saturated rings. The van der Waals surface area contributed by atoms with Crippen molar-refractivity contribution in [2.75, 3.05) is 25.4 Å². The second kappa shape index (κ2) is 8.51. The van der Waals surface area contributed by atoms with Crippen molar-refractivity contribution < 1.29 is 23.1 Å². The van der Waals surface area contributed by atoms with Gasteiger partial charge < -0.3 is 15.2 Å². The molecule has 3 N–H and O–H groups in total. The summed E-state index contributed by atoms with van der Waals surface area (Å²) in [6, 6.07) is 9.15. The first kappa shape index (κ1) is 16.4. The van der Waals surface area contributed by atoms with Crippen LogP contribution in [0.3, 0.4) is 0 Å². The van der Waals surface area contributed by atoms with Crippen molar-refractivity contribution >= 4 is 16.1 Å². The maximum atomic E-state index is 11.3. The Kier molecular flexibility index (Phi) is 6.99. The number of carbonyl (C=O) groups excluding carboxylic acids is 1. The molecule has 112 valence electrons. The second-order valence-corrected chi connectivity index (χ2v) is 5.85. The molecule has 0 heterocycles. The normalized spacial score (nSPS) is 11.1. The van der Waals surface area contributed by atoms with Crippen molar-refractivity contribution in [3.8, 4) is 0 Å². The van der Waals surface area contributed by atoms with Crippen molar-refractivity contribution in [1.82, 2.24) is 10.0 Å². The number of ether oxygens (including phenoxy) is 1. The van der Waals surface area contributed by atoms with Crippen LogP contribution in [-0.4, -0.2) is 45.1 Å². The first-order valence-corrected chi connectivity index (χ1v) is 7.71. The molecule has 7 nitrogen and oxygen atoms in total. The Morgan fingerprint density at radius 1 is 1.20 bits per heavy atom. The van der Waals surface area contributed by atoms with E-state index in [1.807, 2.05) is 30.3 Å². The van der Waals surface area contributed by atoms with E-state index in [4.69, 9.17) is 9.84 Å². The summed E-state index contributed by atoms with van der Waals surface area (Å²) in [5.41, 5.74) is 0.847. The summed E-state index contributed by atoms with van der Waals surface area (Å²) < 4.78 is 29.8. The molecule has 0 unspecified atom stereocenters. The molecule has 1 amide bonds. The van der Waals surface area contributed by atoms with Crippen LogP contribution >= 0.6 is 0 Å². The maximum Gasteiger partial charge on any atom is 0.407 e. The van der Waals surface area contributed by atoms with E-state index in [0.717, 1.165) is 5.56 Å². The van der Waals surface area contributed by atoms with Crippen LogP contribution in [-0.2, 0) is 21.4 Å². The highest BCUT2D eigenvalue weighted by Crippen LogP contribution is 2.00. The highest BCUT2D eigenvalue weighted by atomic mass is 32.2. The number of amides is 1. The van der Waals surface area contributed by atoms with Crippen LogP contribution in [0, 0.1) is 0 Å². The Balaban J connectivity index is 2.20. The summed E-state index contributed by atoms with van der Waals surface area (Å²) in [7, 11) is -3.49. The monoisotopic (exact) mass is 302 g/mol. The van der Waals surface area contributed by atoms with Gasteiger partial charge in [0, 0.05) is 13.1 Å². The predicted octanol–water partition coefficient (Wildman–Crippen LogP) is -0.175. The van der Waals surface area contributed by atoms with Gasteiger partial charge in [-0.05, 0) is 5.56 Å². The summed E-state index contributed by atoms with van der Waals surface area (Å²) in [5.74, 6) is -0.270. The average Bonchev–Trinajstić information content (AvgIpc) is 2.44. The van der Waals surface area contributed by atoms with E-state index in [0.29, 0.717) is 0 Å². The lowest BCUT2D eigenvalue weighted by molar-refractivity contribution is 0.140. The average molecular weight is 302 g/mol. The van der Waals surface area contributed by atoms with E-state index in [2.05, 4.69) is 10.0 Å². The van der Waals surface area contributed by atoms with Gasteiger partial charge in [0.1, 0.15) is 6.61 Å². The molecule has 0 spiro atoms. The third-order valence-electron chi connectivity index (χ3n) is 2.29. The van der Waals surface area contributed by atoms with Crippen LogP contribution in [0.2, 0.25) is 0 Å². The molecule has 0 aromatic heterocycles. The minimum absolute atomic E-state index is 0.0409. The molecule has 0 aliphatic rings. The van der Waals surface area contributed by atoms with Crippen LogP contribution in [0.4, 0.5) is 4.79 Å². The quantitative estimate of drug-likeness (QED) is 0.618. The Hall–Kier alpha value is -1.64. The minimum atomic E-state index is -3.49. The van der Waals surface area contributed by atoms with Crippen LogP contribution in [0.25, 0.3) is 0 Å². The van der Waals surface area contributed by atoms with Crippen LogP contribution < -0.4 is 10.0 Å². The van der Waals surface area contributed by atoms with Crippen LogP contribution in [0.1, 0.15) is 5.56 Å². The zero-order valence-electron chi connectivity index (χ0n) is 10.9. The zero-order valence-corrected chi connectivity index (χ0v) is 11.7. The predicted molar refractivity (Wildman–Crippen MR) is 73.5 cm³/mol. The fourth-order valence-electron chi connectivity index (χ4n) is 1.33. The summed E-state index contributed by atoms with van der Waals surface area (Å²) in [6.45, 7) is -0.247. The molecule has 0 saturated carbocycles.